The van der Waals surface area contributed by atoms with Gasteiger partial charge in [-0.15, -0.1) is 0 Å². The molecule has 0 saturated heterocycles. The van der Waals surface area contributed by atoms with E-state index < -0.39 is 10.0 Å². The molecule has 0 aromatic heterocycles. The summed E-state index contributed by atoms with van der Waals surface area (Å²) in [5, 5.41) is 5.07. The number of sulfonamides is 1. The van der Waals surface area contributed by atoms with Crippen LogP contribution in [0.5, 0.6) is 0 Å². The topological polar surface area (TPSA) is 58.2 Å². The normalized spacial score (nSPS) is 11.7. The highest BCUT2D eigenvalue weighted by molar-refractivity contribution is 7.92. The molecular weight excluding hydrogens is 272 g/mol. The van der Waals surface area contributed by atoms with Crippen LogP contribution in [0, 0.1) is 0 Å². The number of anilines is 1. The van der Waals surface area contributed by atoms with Gasteiger partial charge in [0.2, 0.25) is 10.0 Å². The standard InChI is InChI=1S/C15H20N2O2S/c1-2-16-11-6-12-20(18,19)17-15-10-5-8-13-7-3-4-9-14(13)15/h3-5,7-10,16-17H,2,6,11-12H2,1H3. The molecule has 0 unspecified atom stereocenters. The number of benzene rings is 2. The fourth-order valence-electron chi connectivity index (χ4n) is 2.10. The molecule has 0 heterocycles. The summed E-state index contributed by atoms with van der Waals surface area (Å²) in [6.07, 6.45) is 0.605. The van der Waals surface area contributed by atoms with Crippen LogP contribution in [-0.2, 0) is 10.0 Å². The van der Waals surface area contributed by atoms with Gasteiger partial charge in [-0.05, 0) is 31.0 Å². The van der Waals surface area contributed by atoms with Gasteiger partial charge in [0.05, 0.1) is 11.4 Å². The summed E-state index contributed by atoms with van der Waals surface area (Å²) in [6, 6.07) is 13.4. The van der Waals surface area contributed by atoms with Crippen LogP contribution in [0.2, 0.25) is 0 Å². The number of hydrogen-bond acceptors (Lipinski definition) is 3. The van der Waals surface area contributed by atoms with Crippen LogP contribution in [-0.4, -0.2) is 27.3 Å². The molecule has 0 radical (unpaired) electrons. The summed E-state index contributed by atoms with van der Waals surface area (Å²) in [6.45, 7) is 3.58. The van der Waals surface area contributed by atoms with Crippen LogP contribution in [0.3, 0.4) is 0 Å². The van der Waals surface area contributed by atoms with Crippen molar-refractivity contribution in [1.29, 1.82) is 0 Å². The minimum Gasteiger partial charge on any atom is -0.317 e. The first-order valence-corrected chi connectivity index (χ1v) is 8.46. The van der Waals surface area contributed by atoms with Gasteiger partial charge in [0.25, 0.3) is 0 Å². The highest BCUT2D eigenvalue weighted by atomic mass is 32.2. The SMILES string of the molecule is CCNCCCS(=O)(=O)Nc1cccc2ccccc12. The lowest BCUT2D eigenvalue weighted by atomic mass is 10.1. The van der Waals surface area contributed by atoms with E-state index >= 15 is 0 Å². The highest BCUT2D eigenvalue weighted by Crippen LogP contribution is 2.23. The fraction of sp³-hybridized carbons (Fsp3) is 0.333. The first-order chi connectivity index (χ1) is 9.62. The maximum atomic E-state index is 12.1. The lowest BCUT2D eigenvalue weighted by Crippen LogP contribution is -2.21. The van der Waals surface area contributed by atoms with Gasteiger partial charge in [-0.1, -0.05) is 43.3 Å². The predicted octanol–water partition coefficient (Wildman–Crippen LogP) is 2.58. The van der Waals surface area contributed by atoms with Crippen molar-refractivity contribution in [2.24, 2.45) is 0 Å². The summed E-state index contributed by atoms with van der Waals surface area (Å²) >= 11 is 0. The predicted molar refractivity (Wildman–Crippen MR) is 84.5 cm³/mol. The Labute approximate surface area is 120 Å². The van der Waals surface area contributed by atoms with E-state index in [9.17, 15) is 8.42 Å². The smallest absolute Gasteiger partial charge is 0.232 e. The quantitative estimate of drug-likeness (QED) is 0.771. The largest absolute Gasteiger partial charge is 0.317 e. The zero-order chi connectivity index (χ0) is 14.4. The second kappa shape index (κ2) is 6.72. The van der Waals surface area contributed by atoms with Crippen LogP contribution in [0.25, 0.3) is 10.8 Å². The fourth-order valence-corrected chi connectivity index (χ4v) is 3.24. The summed E-state index contributed by atoms with van der Waals surface area (Å²) in [5.41, 5.74) is 0.645. The Morgan fingerprint density at radius 3 is 2.60 bits per heavy atom. The summed E-state index contributed by atoms with van der Waals surface area (Å²) in [5.74, 6) is 0.128. The van der Waals surface area contributed by atoms with Crippen LogP contribution < -0.4 is 10.0 Å². The van der Waals surface area contributed by atoms with Gasteiger partial charge in [-0.3, -0.25) is 4.72 Å². The van der Waals surface area contributed by atoms with Crippen molar-refractivity contribution in [3.05, 3.63) is 42.5 Å². The van der Waals surface area contributed by atoms with Crippen molar-refractivity contribution in [1.82, 2.24) is 5.32 Å². The minimum absolute atomic E-state index is 0.128. The third-order valence-corrected chi connectivity index (χ3v) is 4.43. The van der Waals surface area contributed by atoms with Crippen molar-refractivity contribution in [2.45, 2.75) is 13.3 Å². The molecule has 2 aromatic carbocycles. The molecule has 2 aromatic rings. The van der Waals surface area contributed by atoms with E-state index in [-0.39, 0.29) is 5.75 Å². The third kappa shape index (κ3) is 3.95. The lowest BCUT2D eigenvalue weighted by Gasteiger charge is -2.10. The van der Waals surface area contributed by atoms with Crippen LogP contribution in [0.1, 0.15) is 13.3 Å². The third-order valence-electron chi connectivity index (χ3n) is 3.07. The Bertz CT molecular complexity index is 663. The van der Waals surface area contributed by atoms with E-state index in [0.29, 0.717) is 18.7 Å². The van der Waals surface area contributed by atoms with Crippen molar-refractivity contribution in [2.75, 3.05) is 23.6 Å². The summed E-state index contributed by atoms with van der Waals surface area (Å²) < 4.78 is 26.8. The zero-order valence-corrected chi connectivity index (χ0v) is 12.4. The molecule has 2 rings (SSSR count). The molecular formula is C15H20N2O2S. The average molecular weight is 292 g/mol. The summed E-state index contributed by atoms with van der Waals surface area (Å²) in [7, 11) is -3.30. The van der Waals surface area contributed by atoms with Gasteiger partial charge in [0.1, 0.15) is 0 Å². The van der Waals surface area contributed by atoms with Gasteiger partial charge in [0, 0.05) is 5.39 Å². The number of fused-ring (bicyclic) bond motifs is 1. The molecule has 0 aliphatic heterocycles. The molecule has 2 N–H and O–H groups in total. The van der Waals surface area contributed by atoms with E-state index in [2.05, 4.69) is 10.0 Å². The molecule has 0 saturated carbocycles. The van der Waals surface area contributed by atoms with Gasteiger partial charge < -0.3 is 5.32 Å². The second-order valence-electron chi connectivity index (χ2n) is 4.65. The monoisotopic (exact) mass is 292 g/mol. The Morgan fingerprint density at radius 2 is 1.80 bits per heavy atom. The van der Waals surface area contributed by atoms with Crippen molar-refractivity contribution < 1.29 is 8.42 Å². The van der Waals surface area contributed by atoms with E-state index in [4.69, 9.17) is 0 Å². The molecule has 5 heteroatoms. The summed E-state index contributed by atoms with van der Waals surface area (Å²) in [4.78, 5) is 0. The molecule has 0 aliphatic carbocycles. The molecule has 20 heavy (non-hydrogen) atoms. The van der Waals surface area contributed by atoms with Gasteiger partial charge >= 0.3 is 0 Å². The molecule has 0 bridgehead atoms. The van der Waals surface area contributed by atoms with Crippen LogP contribution >= 0.6 is 0 Å². The molecule has 0 amide bonds. The number of nitrogens with one attached hydrogen (secondary N) is 2. The lowest BCUT2D eigenvalue weighted by molar-refractivity contribution is 0.595. The molecule has 4 nitrogen and oxygen atoms in total. The van der Waals surface area contributed by atoms with Crippen molar-refractivity contribution >= 4 is 26.5 Å². The first-order valence-electron chi connectivity index (χ1n) is 6.81. The van der Waals surface area contributed by atoms with E-state index in [1.54, 1.807) is 6.07 Å². The average Bonchev–Trinajstić information content (AvgIpc) is 2.44. The van der Waals surface area contributed by atoms with E-state index in [0.717, 1.165) is 17.3 Å². The maximum absolute atomic E-state index is 12.1. The second-order valence-corrected chi connectivity index (χ2v) is 6.50. The van der Waals surface area contributed by atoms with Gasteiger partial charge in [-0.25, -0.2) is 8.42 Å². The zero-order valence-electron chi connectivity index (χ0n) is 11.6. The highest BCUT2D eigenvalue weighted by Gasteiger charge is 2.11. The van der Waals surface area contributed by atoms with Crippen LogP contribution in [0.4, 0.5) is 5.69 Å². The molecule has 0 atom stereocenters. The van der Waals surface area contributed by atoms with Gasteiger partial charge in [0.15, 0.2) is 0 Å². The molecule has 0 aliphatic rings. The number of rotatable bonds is 7. The van der Waals surface area contributed by atoms with Crippen molar-refractivity contribution in [3.8, 4) is 0 Å². The minimum atomic E-state index is -3.30. The molecule has 0 spiro atoms. The van der Waals surface area contributed by atoms with Crippen molar-refractivity contribution in [3.63, 3.8) is 0 Å². The maximum Gasteiger partial charge on any atom is 0.232 e. The van der Waals surface area contributed by atoms with E-state index in [1.165, 1.54) is 0 Å². The van der Waals surface area contributed by atoms with Crippen LogP contribution in [0.15, 0.2) is 42.5 Å². The van der Waals surface area contributed by atoms with E-state index in [1.807, 2.05) is 43.3 Å². The Hall–Kier alpha value is -1.59. The first kappa shape index (κ1) is 14.8. The Morgan fingerprint density at radius 1 is 1.05 bits per heavy atom. The molecule has 0 fully saturated rings. The number of hydrogen-bond donors (Lipinski definition) is 2. The molecule has 108 valence electrons. The van der Waals surface area contributed by atoms with Gasteiger partial charge in [-0.2, -0.15) is 0 Å². The Kier molecular flexibility index (Phi) is 4.98. The Balaban J connectivity index is 2.11.